The number of piperidine rings is 1. The number of hydrogen-bond acceptors (Lipinski definition) is 4. The highest BCUT2D eigenvalue weighted by Gasteiger charge is 2.54. The van der Waals surface area contributed by atoms with Crippen molar-refractivity contribution in [3.05, 3.63) is 0 Å². The summed E-state index contributed by atoms with van der Waals surface area (Å²) in [7, 11) is 0. The fourth-order valence-electron chi connectivity index (χ4n) is 5.14. The standard InChI is InChI=1S/C20H34N4O3/c1-15-11-16(2)13-20(12-15)18(26)24(19(27)22-20)14-17(25)21-7-6-10-23-8-4-3-5-9-23/h15-16H,3-14H2,1-2H3,(H,21,25)(H,22,27)/t15-,16-/m0/s1. The highest BCUT2D eigenvalue weighted by atomic mass is 16.2. The van der Waals surface area contributed by atoms with Crippen LogP contribution >= 0.6 is 0 Å². The van der Waals surface area contributed by atoms with Gasteiger partial charge in [-0.05, 0) is 70.0 Å². The minimum absolute atomic E-state index is 0.182. The van der Waals surface area contributed by atoms with Crippen LogP contribution in [0.2, 0.25) is 0 Å². The lowest BCUT2D eigenvalue weighted by atomic mass is 9.71. The maximum absolute atomic E-state index is 12.9. The molecule has 2 saturated heterocycles. The molecule has 3 fully saturated rings. The molecule has 0 aromatic rings. The number of imide groups is 1. The molecule has 3 aliphatic rings. The zero-order chi connectivity index (χ0) is 19.4. The third kappa shape index (κ3) is 4.81. The van der Waals surface area contributed by atoms with Gasteiger partial charge in [0, 0.05) is 6.54 Å². The third-order valence-corrected chi connectivity index (χ3v) is 6.17. The number of rotatable bonds is 6. The molecule has 0 aromatic heterocycles. The summed E-state index contributed by atoms with van der Waals surface area (Å²) in [5, 5.41) is 5.76. The Kier molecular flexibility index (Phi) is 6.40. The lowest BCUT2D eigenvalue weighted by Crippen LogP contribution is -2.52. The van der Waals surface area contributed by atoms with Crippen LogP contribution in [-0.2, 0) is 9.59 Å². The fraction of sp³-hybridized carbons (Fsp3) is 0.850. The lowest BCUT2D eigenvalue weighted by Gasteiger charge is -2.37. The van der Waals surface area contributed by atoms with E-state index in [2.05, 4.69) is 29.4 Å². The molecule has 0 aromatic carbocycles. The zero-order valence-corrected chi connectivity index (χ0v) is 16.8. The Morgan fingerprint density at radius 2 is 1.81 bits per heavy atom. The van der Waals surface area contributed by atoms with E-state index < -0.39 is 11.6 Å². The first-order chi connectivity index (χ1) is 12.9. The van der Waals surface area contributed by atoms with Gasteiger partial charge in [-0.1, -0.05) is 20.3 Å². The van der Waals surface area contributed by atoms with Crippen molar-refractivity contribution in [2.75, 3.05) is 32.7 Å². The molecule has 7 nitrogen and oxygen atoms in total. The van der Waals surface area contributed by atoms with Gasteiger partial charge in [0.2, 0.25) is 5.91 Å². The highest BCUT2D eigenvalue weighted by molar-refractivity contribution is 6.09. The number of nitrogens with one attached hydrogen (secondary N) is 2. The third-order valence-electron chi connectivity index (χ3n) is 6.17. The van der Waals surface area contributed by atoms with Crippen LogP contribution in [0.25, 0.3) is 0 Å². The normalized spacial score (nSPS) is 32.0. The predicted octanol–water partition coefficient (Wildman–Crippen LogP) is 1.73. The Bertz CT molecular complexity index is 564. The molecule has 0 radical (unpaired) electrons. The second-order valence-electron chi connectivity index (χ2n) is 8.86. The lowest BCUT2D eigenvalue weighted by molar-refractivity contribution is -0.136. The van der Waals surface area contributed by atoms with Gasteiger partial charge in [0.1, 0.15) is 12.1 Å². The average molecular weight is 379 g/mol. The van der Waals surface area contributed by atoms with E-state index in [0.29, 0.717) is 31.2 Å². The molecule has 0 bridgehead atoms. The van der Waals surface area contributed by atoms with Crippen LogP contribution in [-0.4, -0.2) is 65.9 Å². The van der Waals surface area contributed by atoms with E-state index in [-0.39, 0.29) is 18.4 Å². The van der Waals surface area contributed by atoms with E-state index in [4.69, 9.17) is 0 Å². The van der Waals surface area contributed by atoms with Crippen molar-refractivity contribution in [2.24, 2.45) is 11.8 Å². The van der Waals surface area contributed by atoms with Crippen LogP contribution in [0.4, 0.5) is 4.79 Å². The molecule has 1 aliphatic carbocycles. The van der Waals surface area contributed by atoms with E-state index in [0.717, 1.165) is 37.4 Å². The van der Waals surface area contributed by atoms with Crippen LogP contribution in [0.5, 0.6) is 0 Å². The summed E-state index contributed by atoms with van der Waals surface area (Å²) in [6.07, 6.45) is 7.13. The first-order valence-corrected chi connectivity index (χ1v) is 10.5. The van der Waals surface area contributed by atoms with Crippen molar-refractivity contribution in [3.63, 3.8) is 0 Å². The largest absolute Gasteiger partial charge is 0.354 e. The molecule has 2 heterocycles. The van der Waals surface area contributed by atoms with Gasteiger partial charge >= 0.3 is 6.03 Å². The van der Waals surface area contributed by atoms with Gasteiger partial charge in [-0.15, -0.1) is 0 Å². The van der Waals surface area contributed by atoms with Gasteiger partial charge in [0.25, 0.3) is 5.91 Å². The van der Waals surface area contributed by atoms with Gasteiger partial charge in [0.05, 0.1) is 0 Å². The van der Waals surface area contributed by atoms with Gasteiger partial charge in [0.15, 0.2) is 0 Å². The second kappa shape index (κ2) is 8.59. The molecule has 0 unspecified atom stereocenters. The molecule has 4 amide bonds. The number of urea groups is 1. The fourth-order valence-corrected chi connectivity index (χ4v) is 5.14. The van der Waals surface area contributed by atoms with Crippen molar-refractivity contribution >= 4 is 17.8 Å². The topological polar surface area (TPSA) is 81.8 Å². The number of likely N-dealkylation sites (tertiary alicyclic amines) is 1. The number of carbonyl (C=O) groups excluding carboxylic acids is 3. The second-order valence-corrected chi connectivity index (χ2v) is 8.86. The summed E-state index contributed by atoms with van der Waals surface area (Å²) in [6, 6.07) is -0.426. The van der Waals surface area contributed by atoms with Crippen LogP contribution in [0.1, 0.15) is 58.8 Å². The zero-order valence-electron chi connectivity index (χ0n) is 16.8. The Labute approximate surface area is 162 Å². The van der Waals surface area contributed by atoms with E-state index >= 15 is 0 Å². The first-order valence-electron chi connectivity index (χ1n) is 10.5. The summed E-state index contributed by atoms with van der Waals surface area (Å²) in [6.45, 7) is 7.92. The van der Waals surface area contributed by atoms with E-state index in [1.165, 1.54) is 19.3 Å². The predicted molar refractivity (Wildman–Crippen MR) is 103 cm³/mol. The van der Waals surface area contributed by atoms with Crippen LogP contribution in [0.3, 0.4) is 0 Å². The average Bonchev–Trinajstić information content (AvgIpc) is 2.82. The molecule has 1 spiro atoms. The van der Waals surface area contributed by atoms with Crippen molar-refractivity contribution in [2.45, 2.75) is 64.3 Å². The van der Waals surface area contributed by atoms with E-state index in [1.807, 2.05) is 0 Å². The molecule has 1 saturated carbocycles. The minimum Gasteiger partial charge on any atom is -0.354 e. The summed E-state index contributed by atoms with van der Waals surface area (Å²) in [5.74, 6) is 0.295. The molecule has 152 valence electrons. The Morgan fingerprint density at radius 1 is 1.15 bits per heavy atom. The Balaban J connectivity index is 1.44. The molecule has 3 rings (SSSR count). The number of carbonyl (C=O) groups is 3. The van der Waals surface area contributed by atoms with Crippen LogP contribution < -0.4 is 10.6 Å². The Hall–Kier alpha value is -1.63. The molecule has 2 atom stereocenters. The SMILES string of the molecule is C[C@H]1C[C@H](C)CC2(C1)NC(=O)N(CC(=O)NCCCN1CCCCC1)C2=O. The molecular formula is C20H34N4O3. The van der Waals surface area contributed by atoms with E-state index in [1.54, 1.807) is 0 Å². The monoisotopic (exact) mass is 378 g/mol. The van der Waals surface area contributed by atoms with Gasteiger partial charge in [-0.2, -0.15) is 0 Å². The molecule has 2 aliphatic heterocycles. The molecule has 7 heteroatoms. The molecule has 2 N–H and O–H groups in total. The van der Waals surface area contributed by atoms with Crippen LogP contribution in [0, 0.1) is 11.8 Å². The van der Waals surface area contributed by atoms with Crippen molar-refractivity contribution in [1.82, 2.24) is 20.4 Å². The maximum Gasteiger partial charge on any atom is 0.325 e. The van der Waals surface area contributed by atoms with Crippen molar-refractivity contribution in [1.29, 1.82) is 0 Å². The number of nitrogens with zero attached hydrogens (tertiary/aromatic N) is 2. The summed E-state index contributed by atoms with van der Waals surface area (Å²) < 4.78 is 0. The smallest absolute Gasteiger partial charge is 0.325 e. The molecule has 27 heavy (non-hydrogen) atoms. The first kappa shape index (κ1) is 20.1. The minimum atomic E-state index is -0.803. The van der Waals surface area contributed by atoms with Gasteiger partial charge < -0.3 is 15.5 Å². The quantitative estimate of drug-likeness (QED) is 0.545. The Morgan fingerprint density at radius 3 is 2.48 bits per heavy atom. The summed E-state index contributed by atoms with van der Waals surface area (Å²) >= 11 is 0. The van der Waals surface area contributed by atoms with Gasteiger partial charge in [-0.25, -0.2) is 4.79 Å². The van der Waals surface area contributed by atoms with Gasteiger partial charge in [-0.3, -0.25) is 14.5 Å². The number of amides is 4. The summed E-state index contributed by atoms with van der Waals surface area (Å²) in [4.78, 5) is 41.0. The summed E-state index contributed by atoms with van der Waals surface area (Å²) in [5.41, 5.74) is -0.803. The van der Waals surface area contributed by atoms with Crippen molar-refractivity contribution in [3.8, 4) is 0 Å². The maximum atomic E-state index is 12.9. The van der Waals surface area contributed by atoms with E-state index in [9.17, 15) is 14.4 Å². The highest BCUT2D eigenvalue weighted by Crippen LogP contribution is 2.39. The molecular weight excluding hydrogens is 344 g/mol. The number of hydrogen-bond donors (Lipinski definition) is 2. The van der Waals surface area contributed by atoms with Crippen molar-refractivity contribution < 1.29 is 14.4 Å². The van der Waals surface area contributed by atoms with Crippen LogP contribution in [0.15, 0.2) is 0 Å².